The summed E-state index contributed by atoms with van der Waals surface area (Å²) in [4.78, 5) is 31.6. The van der Waals surface area contributed by atoms with Crippen LogP contribution in [-0.2, 0) is 14.3 Å². The van der Waals surface area contributed by atoms with Gasteiger partial charge in [-0.1, -0.05) is 48.5 Å². The molecule has 0 radical (unpaired) electrons. The van der Waals surface area contributed by atoms with Crippen molar-refractivity contribution in [3.63, 3.8) is 0 Å². The van der Waals surface area contributed by atoms with Crippen LogP contribution in [0.2, 0.25) is 0 Å². The van der Waals surface area contributed by atoms with Gasteiger partial charge < -0.3 is 9.47 Å². The average molecular weight is 432 g/mol. The van der Waals surface area contributed by atoms with E-state index in [1.54, 1.807) is 7.11 Å². The number of carbonyl (C=O) groups is 2. The maximum Gasteiger partial charge on any atom is 0.315 e. The summed E-state index contributed by atoms with van der Waals surface area (Å²) in [5.74, 6) is -0.731. The number of methoxy groups -OCH3 is 1. The van der Waals surface area contributed by atoms with Gasteiger partial charge >= 0.3 is 5.97 Å². The number of carbonyl (C=O) groups excluding carboxylic acids is 2. The number of hydrogen-bond donors (Lipinski definition) is 0. The number of nitrogens with zero attached hydrogens (tertiary/aromatic N) is 1. The third kappa shape index (κ3) is 4.12. The first-order valence-electron chi connectivity index (χ1n) is 11.1. The van der Waals surface area contributed by atoms with Crippen molar-refractivity contribution >= 4 is 17.5 Å². The second-order valence-electron chi connectivity index (χ2n) is 8.74. The van der Waals surface area contributed by atoms with Crippen LogP contribution in [0.5, 0.6) is 5.75 Å². The molecule has 0 fully saturated rings. The molecule has 0 aromatic heterocycles. The highest BCUT2D eigenvalue weighted by Crippen LogP contribution is 2.48. The van der Waals surface area contributed by atoms with Crippen molar-refractivity contribution in [1.29, 1.82) is 0 Å². The van der Waals surface area contributed by atoms with Crippen LogP contribution >= 0.6 is 0 Å². The Balaban J connectivity index is 1.83. The van der Waals surface area contributed by atoms with Gasteiger partial charge in [0, 0.05) is 34.9 Å². The van der Waals surface area contributed by atoms with Crippen molar-refractivity contribution in [1.82, 2.24) is 0 Å². The topological polar surface area (TPSA) is 65.0 Å². The fourth-order valence-electron chi connectivity index (χ4n) is 4.89. The van der Waals surface area contributed by atoms with Gasteiger partial charge in [0.1, 0.15) is 11.7 Å². The lowest BCUT2D eigenvalue weighted by atomic mass is 9.69. The fraction of sp³-hybridized carbons (Fsp3) is 0.370. The Morgan fingerprint density at radius 1 is 1.03 bits per heavy atom. The van der Waals surface area contributed by atoms with Gasteiger partial charge in [-0.2, -0.15) is 0 Å². The first-order valence-corrected chi connectivity index (χ1v) is 11.1. The summed E-state index contributed by atoms with van der Waals surface area (Å²) in [6.07, 6.45) is 0.809. The van der Waals surface area contributed by atoms with E-state index < -0.39 is 11.8 Å². The Hall–Kier alpha value is -3.21. The summed E-state index contributed by atoms with van der Waals surface area (Å²) in [5.41, 5.74) is 4.02. The highest BCUT2D eigenvalue weighted by Gasteiger charge is 2.45. The number of allylic oxidation sites excluding steroid dienone is 2. The molecule has 4 rings (SSSR count). The highest BCUT2D eigenvalue weighted by atomic mass is 16.5. The van der Waals surface area contributed by atoms with Crippen LogP contribution in [0.3, 0.4) is 0 Å². The monoisotopic (exact) mass is 431 g/mol. The number of Topliss-reactive ketones (excluding diaryl/α,β-unsaturated/α-hetero) is 1. The molecule has 0 saturated carbocycles. The molecule has 0 amide bonds. The molecule has 0 bridgehead atoms. The number of ketones is 1. The normalized spacial score (nSPS) is 23.0. The SMILES string of the molecule is COc1ccccc1C1C2=C(CC(c3ccccc3)CC2=O)N=C(C)C1C(=O)OC(C)C. The molecular formula is C27H29NO4. The van der Waals surface area contributed by atoms with E-state index in [0.29, 0.717) is 29.9 Å². The Bertz CT molecular complexity index is 1080. The number of hydrogen-bond acceptors (Lipinski definition) is 5. The van der Waals surface area contributed by atoms with Gasteiger partial charge in [0.15, 0.2) is 5.78 Å². The summed E-state index contributed by atoms with van der Waals surface area (Å²) in [7, 11) is 1.60. The zero-order valence-corrected chi connectivity index (χ0v) is 19.0. The molecule has 2 aliphatic rings. The smallest absolute Gasteiger partial charge is 0.315 e. The van der Waals surface area contributed by atoms with E-state index in [1.165, 1.54) is 0 Å². The minimum absolute atomic E-state index is 0.0367. The first kappa shape index (κ1) is 22.0. The molecular weight excluding hydrogens is 402 g/mol. The summed E-state index contributed by atoms with van der Waals surface area (Å²) in [5, 5.41) is 0. The fourth-order valence-corrected chi connectivity index (χ4v) is 4.89. The molecule has 0 spiro atoms. The number of rotatable bonds is 5. The number of benzene rings is 2. The van der Waals surface area contributed by atoms with Crippen molar-refractivity contribution in [2.45, 2.75) is 51.6 Å². The van der Waals surface area contributed by atoms with Crippen LogP contribution in [-0.4, -0.2) is 30.7 Å². The van der Waals surface area contributed by atoms with Crippen LogP contribution < -0.4 is 4.74 Å². The molecule has 1 aliphatic carbocycles. The molecule has 166 valence electrons. The van der Waals surface area contributed by atoms with E-state index in [4.69, 9.17) is 14.5 Å². The Labute approximate surface area is 189 Å². The van der Waals surface area contributed by atoms with Gasteiger partial charge in [0.25, 0.3) is 0 Å². The summed E-state index contributed by atoms with van der Waals surface area (Å²) >= 11 is 0. The second kappa shape index (κ2) is 9.11. The largest absolute Gasteiger partial charge is 0.496 e. The van der Waals surface area contributed by atoms with E-state index in [0.717, 1.165) is 16.8 Å². The highest BCUT2D eigenvalue weighted by molar-refractivity contribution is 6.09. The van der Waals surface area contributed by atoms with E-state index in [1.807, 2.05) is 63.2 Å². The Morgan fingerprint density at radius 3 is 2.41 bits per heavy atom. The second-order valence-corrected chi connectivity index (χ2v) is 8.74. The van der Waals surface area contributed by atoms with Gasteiger partial charge in [-0.3, -0.25) is 14.6 Å². The molecule has 32 heavy (non-hydrogen) atoms. The van der Waals surface area contributed by atoms with E-state index in [-0.39, 0.29) is 23.8 Å². The van der Waals surface area contributed by atoms with Gasteiger partial charge in [-0.05, 0) is 44.7 Å². The Morgan fingerprint density at radius 2 is 1.72 bits per heavy atom. The number of para-hydroxylation sites is 1. The average Bonchev–Trinajstić information content (AvgIpc) is 2.78. The van der Waals surface area contributed by atoms with Crippen LogP contribution in [0.4, 0.5) is 0 Å². The maximum atomic E-state index is 13.6. The molecule has 5 nitrogen and oxygen atoms in total. The third-order valence-corrected chi connectivity index (χ3v) is 6.24. The molecule has 0 saturated heterocycles. The van der Waals surface area contributed by atoms with Crippen molar-refractivity contribution in [3.8, 4) is 5.75 Å². The summed E-state index contributed by atoms with van der Waals surface area (Å²) < 4.78 is 11.2. The summed E-state index contributed by atoms with van der Waals surface area (Å²) in [6.45, 7) is 5.51. The first-order chi connectivity index (χ1) is 15.4. The molecule has 2 aromatic carbocycles. The third-order valence-electron chi connectivity index (χ3n) is 6.24. The van der Waals surface area contributed by atoms with Crippen LogP contribution in [0.25, 0.3) is 0 Å². The minimum Gasteiger partial charge on any atom is -0.496 e. The van der Waals surface area contributed by atoms with Crippen molar-refractivity contribution in [3.05, 3.63) is 77.0 Å². The van der Waals surface area contributed by atoms with Crippen LogP contribution in [0.15, 0.2) is 70.9 Å². The zero-order valence-electron chi connectivity index (χ0n) is 19.0. The molecule has 0 N–H and O–H groups in total. The van der Waals surface area contributed by atoms with E-state index >= 15 is 0 Å². The zero-order chi connectivity index (χ0) is 22.8. The quantitative estimate of drug-likeness (QED) is 0.609. The van der Waals surface area contributed by atoms with Crippen molar-refractivity contribution < 1.29 is 19.1 Å². The van der Waals surface area contributed by atoms with Gasteiger partial charge in [-0.25, -0.2) is 0 Å². The maximum absolute atomic E-state index is 13.6. The van der Waals surface area contributed by atoms with Gasteiger partial charge in [0.2, 0.25) is 0 Å². The van der Waals surface area contributed by atoms with Crippen molar-refractivity contribution in [2.24, 2.45) is 10.9 Å². The standard InChI is InChI=1S/C27H29NO4/c1-16(2)32-27(30)24-17(3)28-21-14-19(18-10-6-5-7-11-18)15-22(29)26(21)25(24)20-12-8-9-13-23(20)31-4/h5-13,16,19,24-25H,14-15H2,1-4H3. The molecule has 5 heteroatoms. The lowest BCUT2D eigenvalue weighted by molar-refractivity contribution is -0.150. The number of esters is 1. The molecule has 2 aromatic rings. The lowest BCUT2D eigenvalue weighted by Gasteiger charge is -2.37. The predicted octanol–water partition coefficient (Wildman–Crippen LogP) is 5.22. The molecule has 1 heterocycles. The molecule has 3 atom stereocenters. The van der Waals surface area contributed by atoms with Crippen LogP contribution in [0, 0.1) is 5.92 Å². The summed E-state index contributed by atoms with van der Waals surface area (Å²) in [6, 6.07) is 17.7. The van der Waals surface area contributed by atoms with Gasteiger partial charge in [0.05, 0.1) is 13.2 Å². The van der Waals surface area contributed by atoms with Crippen LogP contribution in [0.1, 0.15) is 56.6 Å². The molecule has 3 unspecified atom stereocenters. The Kier molecular flexibility index (Phi) is 6.26. The predicted molar refractivity (Wildman–Crippen MR) is 124 cm³/mol. The van der Waals surface area contributed by atoms with Gasteiger partial charge in [-0.15, -0.1) is 0 Å². The minimum atomic E-state index is -0.662. The number of ether oxygens (including phenoxy) is 2. The van der Waals surface area contributed by atoms with E-state index in [2.05, 4.69) is 12.1 Å². The van der Waals surface area contributed by atoms with Crippen molar-refractivity contribution in [2.75, 3.05) is 7.11 Å². The van der Waals surface area contributed by atoms with E-state index in [9.17, 15) is 9.59 Å². The number of aliphatic imine (C=N–C) groups is 1. The lowest BCUT2D eigenvalue weighted by Crippen LogP contribution is -2.39. The molecule has 1 aliphatic heterocycles.